The molecule has 1 saturated heterocycles. The van der Waals surface area contributed by atoms with Gasteiger partial charge in [-0.15, -0.1) is 11.3 Å². The van der Waals surface area contributed by atoms with E-state index in [0.29, 0.717) is 43.4 Å². The zero-order valence-corrected chi connectivity index (χ0v) is 22.4. The van der Waals surface area contributed by atoms with Crippen molar-refractivity contribution >= 4 is 34.6 Å². The number of benzene rings is 1. The molecular weight excluding hydrogens is 600 g/mol. The summed E-state index contributed by atoms with van der Waals surface area (Å²) in [5.41, 5.74) is -1.30. The van der Waals surface area contributed by atoms with Crippen molar-refractivity contribution in [3.63, 3.8) is 0 Å². The Morgan fingerprint density at radius 2 is 1.88 bits per heavy atom. The monoisotopic (exact) mass is 619 g/mol. The molecule has 3 aromatic rings. The summed E-state index contributed by atoms with van der Waals surface area (Å²) in [6, 6.07) is 4.18. The second-order valence-corrected chi connectivity index (χ2v) is 10.6. The summed E-state index contributed by atoms with van der Waals surface area (Å²) >= 11 is 7.48. The minimum absolute atomic E-state index is 0.0362. The molecule has 0 radical (unpaired) electrons. The molecule has 2 aliphatic heterocycles. The van der Waals surface area contributed by atoms with Gasteiger partial charge in [0.1, 0.15) is 12.0 Å². The number of nitrogens with zero attached hydrogens (tertiary/aromatic N) is 5. The normalized spacial score (nSPS) is 18.3. The Kier molecular flexibility index (Phi) is 8.10. The van der Waals surface area contributed by atoms with Gasteiger partial charge in [-0.05, 0) is 25.0 Å². The van der Waals surface area contributed by atoms with Gasteiger partial charge in [0.15, 0.2) is 18.4 Å². The summed E-state index contributed by atoms with van der Waals surface area (Å²) in [4.78, 5) is 30.8. The highest BCUT2D eigenvalue weighted by Crippen LogP contribution is 2.42. The van der Waals surface area contributed by atoms with E-state index in [0.717, 1.165) is 17.4 Å². The van der Waals surface area contributed by atoms with Crippen LogP contribution in [0.5, 0.6) is 5.88 Å². The van der Waals surface area contributed by atoms with E-state index in [1.807, 2.05) is 0 Å². The molecule has 0 aliphatic carbocycles. The number of hydrogen-bond donors (Lipinski definition) is 0. The molecule has 1 fully saturated rings. The number of aromatic nitrogens is 3. The molecule has 0 spiro atoms. The molecule has 0 N–H and O–H groups in total. The third kappa shape index (κ3) is 6.56. The maximum Gasteiger partial charge on any atom is 0.433 e. The number of piperidine rings is 1. The van der Waals surface area contributed by atoms with Crippen LogP contribution in [-0.2, 0) is 22.0 Å². The smallest absolute Gasteiger partial charge is 0.433 e. The molecular formula is C25H20ClF6N5O3S. The summed E-state index contributed by atoms with van der Waals surface area (Å²) in [5, 5.41) is 6.48. The Morgan fingerprint density at radius 1 is 1.12 bits per heavy atom. The minimum Gasteiger partial charge on any atom is -0.467 e. The number of halogens is 7. The highest BCUT2D eigenvalue weighted by Gasteiger charge is 2.39. The van der Waals surface area contributed by atoms with Gasteiger partial charge < -0.3 is 14.5 Å². The first-order valence-electron chi connectivity index (χ1n) is 12.2. The molecule has 2 aliphatic rings. The lowest BCUT2D eigenvalue weighted by Crippen LogP contribution is -2.40. The Hall–Kier alpha value is -3.46. The van der Waals surface area contributed by atoms with Crippen LogP contribution in [0.1, 0.15) is 58.8 Å². The number of carbonyl (C=O) groups is 1. The van der Waals surface area contributed by atoms with Crippen LogP contribution >= 0.6 is 22.9 Å². The van der Waals surface area contributed by atoms with Crippen molar-refractivity contribution in [2.24, 2.45) is 5.16 Å². The van der Waals surface area contributed by atoms with E-state index in [-0.39, 0.29) is 28.8 Å². The molecule has 1 amide bonds. The lowest BCUT2D eigenvalue weighted by atomic mass is 9.97. The lowest BCUT2D eigenvalue weighted by Gasteiger charge is -2.31. The van der Waals surface area contributed by atoms with Crippen LogP contribution in [0, 0.1) is 0 Å². The number of hydrogen-bond acceptors (Lipinski definition) is 8. The number of thiazole rings is 1. The molecule has 0 saturated carbocycles. The van der Waals surface area contributed by atoms with Crippen molar-refractivity contribution in [3.05, 3.63) is 68.5 Å². The molecule has 0 bridgehead atoms. The van der Waals surface area contributed by atoms with Crippen molar-refractivity contribution < 1.29 is 40.7 Å². The SMILES string of the molecule is O=C(COc1cc(C(F)(F)F)ncn1)N1CCC(c2nc(C3=NOC(c4c(Cl)cccc4C(F)(F)F)C3)cs2)CC1. The summed E-state index contributed by atoms with van der Waals surface area (Å²) in [6.45, 7) is 0.305. The van der Waals surface area contributed by atoms with Gasteiger partial charge >= 0.3 is 12.4 Å². The van der Waals surface area contributed by atoms with Gasteiger partial charge in [0.2, 0.25) is 5.88 Å². The standard InChI is InChI=1S/C25H20ClF6N5O3S/c26-15-3-1-2-14(24(27,28)29)22(15)18-8-16(36-40-18)17-11-41-23(35-17)13-4-6-37(7-5-13)21(38)10-39-20-9-19(25(30,31)32)33-12-34-20/h1-3,9,11-13,18H,4-8,10H2. The molecule has 8 nitrogen and oxygen atoms in total. The van der Waals surface area contributed by atoms with Crippen LogP contribution in [-0.4, -0.2) is 51.2 Å². The first kappa shape index (κ1) is 29.0. The average molecular weight is 620 g/mol. The zero-order valence-electron chi connectivity index (χ0n) is 20.9. The summed E-state index contributed by atoms with van der Waals surface area (Å²) in [5.74, 6) is -0.707. The van der Waals surface area contributed by atoms with E-state index in [9.17, 15) is 31.1 Å². The highest BCUT2D eigenvalue weighted by molar-refractivity contribution is 7.10. The molecule has 1 aromatic carbocycles. The van der Waals surface area contributed by atoms with E-state index in [1.54, 1.807) is 10.3 Å². The Labute approximate surface area is 238 Å². The Balaban J connectivity index is 1.15. The number of oxime groups is 1. The van der Waals surface area contributed by atoms with E-state index < -0.39 is 42.2 Å². The fraction of sp³-hybridized carbons (Fsp3) is 0.400. The number of alkyl halides is 6. The minimum atomic E-state index is -4.66. The van der Waals surface area contributed by atoms with Crippen molar-refractivity contribution in [3.8, 4) is 5.88 Å². The number of rotatable bonds is 6. The fourth-order valence-corrected chi connectivity index (χ4v) is 5.88. The van der Waals surface area contributed by atoms with Gasteiger partial charge in [0, 0.05) is 47.5 Å². The van der Waals surface area contributed by atoms with E-state index in [4.69, 9.17) is 21.2 Å². The molecule has 218 valence electrons. The predicted molar refractivity (Wildman–Crippen MR) is 135 cm³/mol. The van der Waals surface area contributed by atoms with Crippen LogP contribution < -0.4 is 4.74 Å². The molecule has 41 heavy (non-hydrogen) atoms. The average Bonchev–Trinajstić information content (AvgIpc) is 3.61. The topological polar surface area (TPSA) is 89.8 Å². The van der Waals surface area contributed by atoms with Crippen LogP contribution in [0.15, 0.2) is 41.1 Å². The number of amides is 1. The van der Waals surface area contributed by atoms with Gasteiger partial charge in [-0.2, -0.15) is 26.3 Å². The lowest BCUT2D eigenvalue weighted by molar-refractivity contribution is -0.141. The van der Waals surface area contributed by atoms with Gasteiger partial charge in [0.05, 0.1) is 16.3 Å². The van der Waals surface area contributed by atoms with Crippen molar-refractivity contribution in [2.75, 3.05) is 19.7 Å². The summed E-state index contributed by atoms with van der Waals surface area (Å²) in [7, 11) is 0. The van der Waals surface area contributed by atoms with E-state index in [1.165, 1.54) is 23.5 Å². The second-order valence-electron chi connectivity index (χ2n) is 9.29. The quantitative estimate of drug-likeness (QED) is 0.302. The third-order valence-electron chi connectivity index (χ3n) is 6.64. The van der Waals surface area contributed by atoms with E-state index >= 15 is 0 Å². The van der Waals surface area contributed by atoms with Crippen LogP contribution in [0.4, 0.5) is 26.3 Å². The largest absolute Gasteiger partial charge is 0.467 e. The predicted octanol–water partition coefficient (Wildman–Crippen LogP) is 6.27. The first-order chi connectivity index (χ1) is 19.4. The van der Waals surface area contributed by atoms with Gasteiger partial charge in [0.25, 0.3) is 5.91 Å². The molecule has 1 unspecified atom stereocenters. The molecule has 4 heterocycles. The van der Waals surface area contributed by atoms with Crippen LogP contribution in [0.2, 0.25) is 5.02 Å². The molecule has 5 rings (SSSR count). The molecule has 16 heteroatoms. The molecule has 1 atom stereocenters. The van der Waals surface area contributed by atoms with Crippen molar-refractivity contribution in [1.29, 1.82) is 0 Å². The number of carbonyl (C=O) groups excluding carboxylic acids is 1. The van der Waals surface area contributed by atoms with Gasteiger partial charge in [-0.25, -0.2) is 15.0 Å². The maximum absolute atomic E-state index is 13.5. The number of ether oxygens (including phenoxy) is 1. The fourth-order valence-electron chi connectivity index (χ4n) is 4.58. The Bertz CT molecular complexity index is 1460. The van der Waals surface area contributed by atoms with E-state index in [2.05, 4.69) is 20.1 Å². The maximum atomic E-state index is 13.5. The first-order valence-corrected chi connectivity index (χ1v) is 13.5. The summed E-state index contributed by atoms with van der Waals surface area (Å²) < 4.78 is 84.1. The van der Waals surface area contributed by atoms with Gasteiger partial charge in [-0.3, -0.25) is 4.79 Å². The van der Waals surface area contributed by atoms with Crippen molar-refractivity contribution in [2.45, 2.75) is 43.6 Å². The van der Waals surface area contributed by atoms with Crippen LogP contribution in [0.25, 0.3) is 0 Å². The van der Waals surface area contributed by atoms with Crippen molar-refractivity contribution in [1.82, 2.24) is 19.9 Å². The Morgan fingerprint density at radius 3 is 2.59 bits per heavy atom. The molecule has 2 aromatic heterocycles. The zero-order chi connectivity index (χ0) is 29.4. The number of likely N-dealkylation sites (tertiary alicyclic amines) is 1. The van der Waals surface area contributed by atoms with Gasteiger partial charge in [-0.1, -0.05) is 22.8 Å². The summed E-state index contributed by atoms with van der Waals surface area (Å²) in [6.07, 6.45) is -8.30. The van der Waals surface area contributed by atoms with Crippen LogP contribution in [0.3, 0.4) is 0 Å². The third-order valence-corrected chi connectivity index (χ3v) is 7.98. The second kappa shape index (κ2) is 11.4. The highest BCUT2D eigenvalue weighted by atomic mass is 35.5.